The highest BCUT2D eigenvalue weighted by Gasteiger charge is 2.25. The van der Waals surface area contributed by atoms with Crippen molar-refractivity contribution in [1.29, 1.82) is 0 Å². The Morgan fingerprint density at radius 1 is 1.13 bits per heavy atom. The van der Waals surface area contributed by atoms with Gasteiger partial charge in [-0.3, -0.25) is 0 Å². The van der Waals surface area contributed by atoms with Crippen molar-refractivity contribution < 1.29 is 8.78 Å². The first-order chi connectivity index (χ1) is 6.58. The maximum atomic E-state index is 13.7. The van der Waals surface area contributed by atoms with E-state index in [1.54, 1.807) is 13.0 Å². The van der Waals surface area contributed by atoms with E-state index in [2.05, 4.69) is 0 Å². The Hall–Kier alpha value is -0.660. The minimum atomic E-state index is -1.62. The highest BCUT2D eigenvalue weighted by molar-refractivity contribution is 5.32. The molecule has 0 atom stereocenters. The van der Waals surface area contributed by atoms with Crippen LogP contribution in [0, 0.1) is 5.41 Å². The molecule has 0 N–H and O–H groups in total. The Kier molecular flexibility index (Phi) is 4.69. The fourth-order valence-electron chi connectivity index (χ4n) is 1.19. The Labute approximate surface area is 92.1 Å². The van der Waals surface area contributed by atoms with Crippen molar-refractivity contribution in [3.05, 3.63) is 23.6 Å². The summed E-state index contributed by atoms with van der Waals surface area (Å²) < 4.78 is 27.1. The van der Waals surface area contributed by atoms with Crippen LogP contribution in [0.15, 0.2) is 23.6 Å². The maximum absolute atomic E-state index is 13.7. The monoisotopic (exact) mass is 216 g/mol. The van der Waals surface area contributed by atoms with Crippen LogP contribution in [0.5, 0.6) is 0 Å². The number of halogens is 2. The van der Waals surface area contributed by atoms with Crippen molar-refractivity contribution in [3.63, 3.8) is 0 Å². The van der Waals surface area contributed by atoms with Crippen LogP contribution < -0.4 is 0 Å². The van der Waals surface area contributed by atoms with E-state index in [4.69, 9.17) is 0 Å². The Bertz CT molecular complexity index is 259. The van der Waals surface area contributed by atoms with Crippen LogP contribution in [0.4, 0.5) is 8.78 Å². The third kappa shape index (κ3) is 5.71. The molecule has 0 rings (SSSR count). The Balaban J connectivity index is 4.98. The zero-order chi connectivity index (χ0) is 12.3. The zero-order valence-corrected chi connectivity index (χ0v) is 10.6. The van der Waals surface area contributed by atoms with Crippen LogP contribution in [-0.2, 0) is 0 Å². The second-order valence-corrected chi connectivity index (χ2v) is 5.49. The van der Waals surface area contributed by atoms with Gasteiger partial charge < -0.3 is 0 Å². The van der Waals surface area contributed by atoms with Crippen molar-refractivity contribution in [3.8, 4) is 0 Å². The van der Waals surface area contributed by atoms with Crippen molar-refractivity contribution >= 4 is 0 Å². The maximum Gasteiger partial charge on any atom is 0.132 e. The largest absolute Gasteiger partial charge is 0.239 e. The van der Waals surface area contributed by atoms with E-state index < -0.39 is 11.5 Å². The predicted molar refractivity (Wildman–Crippen MR) is 62.2 cm³/mol. The van der Waals surface area contributed by atoms with Crippen LogP contribution in [0.25, 0.3) is 0 Å². The van der Waals surface area contributed by atoms with Gasteiger partial charge in [0.15, 0.2) is 0 Å². The van der Waals surface area contributed by atoms with Gasteiger partial charge in [0.2, 0.25) is 0 Å². The molecule has 0 aromatic carbocycles. The average Bonchev–Trinajstić information content (AvgIpc) is 1.99. The SMILES string of the molecule is C/C=C(F)\C(=C/CC(C)(C)C)C(C)(C)F. The van der Waals surface area contributed by atoms with Crippen LogP contribution in [0.1, 0.15) is 48.0 Å². The van der Waals surface area contributed by atoms with Crippen LogP contribution in [0.2, 0.25) is 0 Å². The quantitative estimate of drug-likeness (QED) is 0.584. The summed E-state index contributed by atoms with van der Waals surface area (Å²) in [6.07, 6.45) is 3.63. The summed E-state index contributed by atoms with van der Waals surface area (Å²) in [4.78, 5) is 0. The molecule has 0 bridgehead atoms. The van der Waals surface area contributed by atoms with Gasteiger partial charge >= 0.3 is 0 Å². The predicted octanol–water partition coefficient (Wildman–Crippen LogP) is 4.97. The molecule has 0 aromatic heterocycles. The highest BCUT2D eigenvalue weighted by atomic mass is 19.1. The third-order valence-corrected chi connectivity index (χ3v) is 2.07. The van der Waals surface area contributed by atoms with Crippen molar-refractivity contribution in [2.75, 3.05) is 0 Å². The van der Waals surface area contributed by atoms with Gasteiger partial charge in [-0.2, -0.15) is 0 Å². The third-order valence-electron chi connectivity index (χ3n) is 2.07. The summed E-state index contributed by atoms with van der Waals surface area (Å²) in [5.41, 5.74) is -1.42. The van der Waals surface area contributed by atoms with Crippen molar-refractivity contribution in [2.24, 2.45) is 5.41 Å². The molecule has 88 valence electrons. The molecule has 15 heavy (non-hydrogen) atoms. The van der Waals surface area contributed by atoms with E-state index in [0.717, 1.165) is 0 Å². The second-order valence-electron chi connectivity index (χ2n) is 5.49. The zero-order valence-electron chi connectivity index (χ0n) is 10.6. The molecule has 0 spiro atoms. The second kappa shape index (κ2) is 4.91. The number of alkyl halides is 1. The molecule has 0 radical (unpaired) electrons. The summed E-state index contributed by atoms with van der Waals surface area (Å²) in [7, 11) is 0. The van der Waals surface area contributed by atoms with Crippen LogP contribution in [-0.4, -0.2) is 5.67 Å². The molecule has 0 amide bonds. The topological polar surface area (TPSA) is 0 Å². The van der Waals surface area contributed by atoms with E-state index >= 15 is 0 Å². The van der Waals surface area contributed by atoms with E-state index in [1.165, 1.54) is 19.9 Å². The normalized spacial score (nSPS) is 15.7. The highest BCUT2D eigenvalue weighted by Crippen LogP contribution is 2.31. The van der Waals surface area contributed by atoms with Gasteiger partial charge in [0, 0.05) is 5.57 Å². The smallest absolute Gasteiger partial charge is 0.132 e. The molecule has 0 heterocycles. The Morgan fingerprint density at radius 2 is 1.60 bits per heavy atom. The standard InChI is InChI=1S/C13H22F2/c1-7-11(14)10(13(5,6)15)8-9-12(2,3)4/h7-8H,9H2,1-6H3/b10-8+,11-7+. The van der Waals surface area contributed by atoms with Gasteiger partial charge in [0.25, 0.3) is 0 Å². The van der Waals surface area contributed by atoms with Gasteiger partial charge in [-0.25, -0.2) is 8.78 Å². The van der Waals surface area contributed by atoms with Crippen LogP contribution >= 0.6 is 0 Å². The molecule has 0 aromatic rings. The molecule has 2 heteroatoms. The lowest BCUT2D eigenvalue weighted by atomic mass is 9.88. The van der Waals surface area contributed by atoms with Crippen molar-refractivity contribution in [1.82, 2.24) is 0 Å². The minimum absolute atomic E-state index is 0.0462. The fourth-order valence-corrected chi connectivity index (χ4v) is 1.19. The van der Waals surface area contributed by atoms with E-state index in [1.807, 2.05) is 20.8 Å². The van der Waals surface area contributed by atoms with Crippen LogP contribution in [0.3, 0.4) is 0 Å². The number of hydrogen-bond acceptors (Lipinski definition) is 0. The lowest BCUT2D eigenvalue weighted by molar-refractivity contribution is 0.262. The molecular weight excluding hydrogens is 194 g/mol. The molecule has 0 aliphatic carbocycles. The van der Waals surface area contributed by atoms with E-state index in [0.29, 0.717) is 6.42 Å². The first-order valence-electron chi connectivity index (χ1n) is 5.29. The molecule has 0 nitrogen and oxygen atoms in total. The Morgan fingerprint density at radius 3 is 1.87 bits per heavy atom. The van der Waals surface area contributed by atoms with Crippen molar-refractivity contribution in [2.45, 2.75) is 53.6 Å². The van der Waals surface area contributed by atoms with Gasteiger partial charge in [-0.1, -0.05) is 32.9 Å². The molecule has 0 fully saturated rings. The number of allylic oxidation sites excluding steroid dienone is 4. The molecule has 0 saturated carbocycles. The van der Waals surface area contributed by atoms with Gasteiger partial charge in [-0.05, 0) is 32.6 Å². The lowest BCUT2D eigenvalue weighted by Crippen LogP contribution is -2.17. The summed E-state index contributed by atoms with van der Waals surface area (Å²) in [6, 6.07) is 0. The molecule has 0 saturated heterocycles. The summed E-state index contributed by atoms with van der Waals surface area (Å²) in [5, 5.41) is 0. The molecule has 0 unspecified atom stereocenters. The summed E-state index contributed by atoms with van der Waals surface area (Å²) >= 11 is 0. The molecule has 0 aliphatic heterocycles. The summed E-state index contributed by atoms with van der Waals surface area (Å²) in [5.74, 6) is -0.466. The lowest BCUT2D eigenvalue weighted by Gasteiger charge is -2.21. The minimum Gasteiger partial charge on any atom is -0.239 e. The van der Waals surface area contributed by atoms with E-state index in [9.17, 15) is 8.78 Å². The van der Waals surface area contributed by atoms with Gasteiger partial charge in [0.1, 0.15) is 11.5 Å². The first kappa shape index (κ1) is 14.3. The van der Waals surface area contributed by atoms with Gasteiger partial charge in [-0.15, -0.1) is 0 Å². The molecule has 0 aliphatic rings. The number of hydrogen-bond donors (Lipinski definition) is 0. The first-order valence-corrected chi connectivity index (χ1v) is 5.29. The fraction of sp³-hybridized carbons (Fsp3) is 0.692. The average molecular weight is 216 g/mol. The van der Waals surface area contributed by atoms with Gasteiger partial charge in [0.05, 0.1) is 0 Å². The summed E-state index contributed by atoms with van der Waals surface area (Å²) in [6.45, 7) is 10.5. The van der Waals surface area contributed by atoms with E-state index in [-0.39, 0.29) is 11.0 Å². The molecular formula is C13H22F2. The number of rotatable bonds is 3.